The molecule has 3 atom stereocenters. The van der Waals surface area contributed by atoms with Gasteiger partial charge >= 0.3 is 5.97 Å². The summed E-state index contributed by atoms with van der Waals surface area (Å²) in [5, 5.41) is 12.7. The highest BCUT2D eigenvalue weighted by atomic mass is 32.1. The molecule has 1 saturated carbocycles. The Balaban J connectivity index is 1.27. The molecule has 218 valence electrons. The maximum Gasteiger partial charge on any atom is 0.307 e. The second kappa shape index (κ2) is 12.6. The van der Waals surface area contributed by atoms with E-state index in [-0.39, 0.29) is 23.7 Å². The summed E-state index contributed by atoms with van der Waals surface area (Å²) in [7, 11) is 1.79. The van der Waals surface area contributed by atoms with Gasteiger partial charge < -0.3 is 24.4 Å². The number of amides is 1. The Kier molecular flexibility index (Phi) is 8.94. The first-order chi connectivity index (χ1) is 19.7. The predicted molar refractivity (Wildman–Crippen MR) is 161 cm³/mol. The summed E-state index contributed by atoms with van der Waals surface area (Å²) in [5.74, 6) is 0.237. The van der Waals surface area contributed by atoms with E-state index in [1.54, 1.807) is 23.3 Å². The monoisotopic (exact) mass is 577 g/mol. The van der Waals surface area contributed by atoms with Gasteiger partial charge in [0.1, 0.15) is 12.4 Å². The number of fused-ring (bicyclic) bond motifs is 2. The summed E-state index contributed by atoms with van der Waals surface area (Å²) in [4.78, 5) is 33.5. The number of carboxylic acids is 1. The third-order valence-electron chi connectivity index (χ3n) is 8.39. The molecule has 1 aliphatic carbocycles. The molecule has 1 unspecified atom stereocenters. The SMILES string of the molecule is CCOCCN(C)C(=O)c1ccc(COc2ccc(C)cc2-c2csc(N3CC4CC[C@@H](C3)[C@H]4C(=O)O)n2)c(C)c1. The average Bonchev–Trinajstić information content (AvgIpc) is 3.55. The molecule has 3 aromatic rings. The van der Waals surface area contributed by atoms with Gasteiger partial charge in [0.2, 0.25) is 0 Å². The van der Waals surface area contributed by atoms with Gasteiger partial charge in [-0.25, -0.2) is 4.98 Å². The zero-order valence-corrected chi connectivity index (χ0v) is 25.1. The van der Waals surface area contributed by atoms with Crippen LogP contribution in [0.15, 0.2) is 41.8 Å². The van der Waals surface area contributed by atoms with E-state index in [0.717, 1.165) is 64.8 Å². The normalized spacial score (nSPS) is 19.8. The van der Waals surface area contributed by atoms with Crippen LogP contribution in [-0.4, -0.2) is 66.8 Å². The first-order valence-electron chi connectivity index (χ1n) is 14.3. The van der Waals surface area contributed by atoms with Crippen molar-refractivity contribution in [1.29, 1.82) is 0 Å². The fourth-order valence-electron chi connectivity index (χ4n) is 6.10. The number of carbonyl (C=O) groups is 2. The fraction of sp³-hybridized carbons (Fsp3) is 0.469. The van der Waals surface area contributed by atoms with E-state index in [0.29, 0.717) is 31.9 Å². The number of anilines is 1. The number of aryl methyl sites for hydroxylation is 2. The van der Waals surface area contributed by atoms with Crippen LogP contribution < -0.4 is 9.64 Å². The molecule has 1 aliphatic heterocycles. The number of rotatable bonds is 11. The van der Waals surface area contributed by atoms with Gasteiger partial charge in [-0.3, -0.25) is 9.59 Å². The van der Waals surface area contributed by atoms with Crippen LogP contribution in [0.25, 0.3) is 11.3 Å². The Morgan fingerprint density at radius 2 is 1.88 bits per heavy atom. The predicted octanol–water partition coefficient (Wildman–Crippen LogP) is 5.66. The molecule has 8 nitrogen and oxygen atoms in total. The van der Waals surface area contributed by atoms with Crippen molar-refractivity contribution in [2.24, 2.45) is 17.8 Å². The lowest BCUT2D eigenvalue weighted by Gasteiger charge is -2.35. The summed E-state index contributed by atoms with van der Waals surface area (Å²) in [6, 6.07) is 11.9. The standard InChI is InChI=1S/C32H39N3O5S/c1-5-39-13-12-34(4)30(36)22-7-10-25(21(3)15-22)18-40-28-11-6-20(2)14-26(28)27-19-41-32(33-27)35-16-23-8-9-24(17-35)29(23)31(37)38/h6-7,10-11,14-15,19,23-24,29H,5,8-9,12-13,16-18H2,1-4H3,(H,37,38)/t23-,24?,29+/m0/s1. The van der Waals surface area contributed by atoms with Gasteiger partial charge in [-0.2, -0.15) is 0 Å². The number of hydrogen-bond donors (Lipinski definition) is 1. The van der Waals surface area contributed by atoms with Gasteiger partial charge in [0.05, 0.1) is 18.2 Å². The molecule has 0 radical (unpaired) electrons. The molecule has 2 fully saturated rings. The van der Waals surface area contributed by atoms with Gasteiger partial charge in [-0.15, -0.1) is 11.3 Å². The maximum absolute atomic E-state index is 12.8. The highest BCUT2D eigenvalue weighted by Crippen LogP contribution is 2.44. The number of nitrogens with zero attached hydrogens (tertiary/aromatic N) is 3. The average molecular weight is 578 g/mol. The summed E-state index contributed by atoms with van der Waals surface area (Å²) in [5.41, 5.74) is 5.59. The van der Waals surface area contributed by atoms with Crippen LogP contribution in [0, 0.1) is 31.6 Å². The minimum Gasteiger partial charge on any atom is -0.488 e. The van der Waals surface area contributed by atoms with E-state index >= 15 is 0 Å². The number of aromatic nitrogens is 1. The van der Waals surface area contributed by atoms with Crippen molar-refractivity contribution in [1.82, 2.24) is 9.88 Å². The molecule has 1 aromatic heterocycles. The molecule has 1 N–H and O–H groups in total. The van der Waals surface area contributed by atoms with Crippen LogP contribution in [-0.2, 0) is 16.1 Å². The first kappa shape index (κ1) is 29.1. The van der Waals surface area contributed by atoms with Crippen LogP contribution in [0.1, 0.15) is 46.8 Å². The fourth-order valence-corrected chi connectivity index (χ4v) is 6.95. The van der Waals surface area contributed by atoms with Crippen LogP contribution in [0.3, 0.4) is 0 Å². The largest absolute Gasteiger partial charge is 0.488 e. The first-order valence-corrected chi connectivity index (χ1v) is 15.2. The molecule has 9 heteroatoms. The number of carboxylic acid groups (broad SMARTS) is 1. The minimum absolute atomic E-state index is 0.0272. The zero-order chi connectivity index (χ0) is 29.1. The molecular formula is C32H39N3O5S. The molecule has 2 heterocycles. The molecule has 0 spiro atoms. The van der Waals surface area contributed by atoms with Gasteiger partial charge in [0.15, 0.2) is 5.13 Å². The number of aliphatic carboxylic acids is 1. The number of hydrogen-bond acceptors (Lipinski definition) is 7. The van der Waals surface area contributed by atoms with Crippen molar-refractivity contribution < 1.29 is 24.2 Å². The van der Waals surface area contributed by atoms with Crippen molar-refractivity contribution in [2.45, 2.75) is 40.2 Å². The Hall–Kier alpha value is -3.43. The minimum atomic E-state index is -0.653. The molecule has 5 rings (SSSR count). The topological polar surface area (TPSA) is 92.2 Å². The van der Waals surface area contributed by atoms with Gasteiger partial charge in [-0.05, 0) is 80.8 Å². The number of carbonyl (C=O) groups excluding carboxylic acids is 1. The highest BCUT2D eigenvalue weighted by Gasteiger charge is 2.46. The third kappa shape index (κ3) is 6.41. The molecule has 1 saturated heterocycles. The molecule has 2 aliphatic rings. The molecule has 2 bridgehead atoms. The number of benzene rings is 2. The second-order valence-electron chi connectivity index (χ2n) is 11.2. The number of thiazole rings is 1. The summed E-state index contributed by atoms with van der Waals surface area (Å²) in [6.07, 6.45) is 1.96. The molecular weight excluding hydrogens is 538 g/mol. The zero-order valence-electron chi connectivity index (χ0n) is 24.3. The highest BCUT2D eigenvalue weighted by molar-refractivity contribution is 7.14. The van der Waals surface area contributed by atoms with Crippen LogP contribution in [0.4, 0.5) is 5.13 Å². The second-order valence-corrected chi connectivity index (χ2v) is 12.1. The maximum atomic E-state index is 12.8. The lowest BCUT2D eigenvalue weighted by molar-refractivity contribution is -0.144. The van der Waals surface area contributed by atoms with Gasteiger partial charge in [0, 0.05) is 49.8 Å². The van der Waals surface area contributed by atoms with E-state index in [9.17, 15) is 14.7 Å². The van der Waals surface area contributed by atoms with Crippen molar-refractivity contribution in [3.63, 3.8) is 0 Å². The van der Waals surface area contributed by atoms with Crippen LogP contribution in [0.2, 0.25) is 0 Å². The van der Waals surface area contributed by atoms with E-state index in [1.807, 2.05) is 44.2 Å². The summed E-state index contributed by atoms with van der Waals surface area (Å²) < 4.78 is 11.7. The van der Waals surface area contributed by atoms with Crippen molar-refractivity contribution >= 4 is 28.3 Å². The van der Waals surface area contributed by atoms with Crippen molar-refractivity contribution in [2.75, 3.05) is 44.8 Å². The van der Waals surface area contributed by atoms with Gasteiger partial charge in [0.25, 0.3) is 5.91 Å². The number of likely N-dealkylation sites (N-methyl/N-ethyl adjacent to an activating group) is 1. The Labute approximate surface area is 245 Å². The number of piperidine rings is 1. The number of ether oxygens (including phenoxy) is 2. The molecule has 2 aromatic carbocycles. The Morgan fingerprint density at radius 1 is 1.12 bits per heavy atom. The lowest BCUT2D eigenvalue weighted by Crippen LogP contribution is -2.44. The van der Waals surface area contributed by atoms with E-state index in [4.69, 9.17) is 14.5 Å². The smallest absolute Gasteiger partial charge is 0.307 e. The van der Waals surface area contributed by atoms with Crippen molar-refractivity contribution in [3.8, 4) is 17.0 Å². The van der Waals surface area contributed by atoms with Crippen LogP contribution >= 0.6 is 11.3 Å². The third-order valence-corrected chi connectivity index (χ3v) is 9.29. The lowest BCUT2D eigenvalue weighted by atomic mass is 9.85. The van der Waals surface area contributed by atoms with Crippen molar-refractivity contribution in [3.05, 3.63) is 64.0 Å². The summed E-state index contributed by atoms with van der Waals surface area (Å²) in [6.45, 7) is 9.57. The van der Waals surface area contributed by atoms with E-state index in [2.05, 4.69) is 23.3 Å². The van der Waals surface area contributed by atoms with E-state index in [1.165, 1.54) is 0 Å². The van der Waals surface area contributed by atoms with E-state index < -0.39 is 5.97 Å². The quantitative estimate of drug-likeness (QED) is 0.294. The van der Waals surface area contributed by atoms with Crippen LogP contribution in [0.5, 0.6) is 5.75 Å². The summed E-state index contributed by atoms with van der Waals surface area (Å²) >= 11 is 1.60. The molecule has 41 heavy (non-hydrogen) atoms. The molecule has 1 amide bonds. The Bertz CT molecular complexity index is 1390. The Morgan fingerprint density at radius 3 is 2.56 bits per heavy atom. The van der Waals surface area contributed by atoms with Gasteiger partial charge in [-0.1, -0.05) is 17.7 Å².